The zero-order valence-electron chi connectivity index (χ0n) is 43.6. The maximum absolute atomic E-state index is 6.70. The second-order valence-electron chi connectivity index (χ2n) is 19.4. The Bertz CT molecular complexity index is 2370. The van der Waals surface area contributed by atoms with Crippen molar-refractivity contribution < 1.29 is 9.47 Å². The Morgan fingerprint density at radius 3 is 1.26 bits per heavy atom. The van der Waals surface area contributed by atoms with Gasteiger partial charge in [-0.2, -0.15) is 0 Å². The molecule has 2 aromatic carbocycles. The predicted molar refractivity (Wildman–Crippen MR) is 317 cm³/mol. The molecular weight excluding hydrogens is 929 g/mol. The van der Waals surface area contributed by atoms with E-state index in [9.17, 15) is 0 Å². The fourth-order valence-corrected chi connectivity index (χ4v) is 13.2. The SMILES string of the molecule is CCCCCCCCOc1cc(/C=C/c2ccc(-c3ccc(CCCCCCCC)s3)s2)c(OCCCCCCCC)cc1/C=C/c1ccc(-c2ccc(-c3ccc(CCCCCCCC)s3)s2)cc1. The van der Waals surface area contributed by atoms with E-state index in [-0.39, 0.29) is 0 Å². The third-order valence-electron chi connectivity index (χ3n) is 13.3. The molecule has 0 unspecified atom stereocenters. The minimum absolute atomic E-state index is 0.716. The Balaban J connectivity index is 1.16. The lowest BCUT2D eigenvalue weighted by Crippen LogP contribution is -2.03. The van der Waals surface area contributed by atoms with Crippen molar-refractivity contribution in [2.45, 2.75) is 195 Å². The molecule has 0 N–H and O–H groups in total. The van der Waals surface area contributed by atoms with E-state index < -0.39 is 0 Å². The molecule has 70 heavy (non-hydrogen) atoms. The number of unbranched alkanes of at least 4 members (excludes halogenated alkanes) is 20. The van der Waals surface area contributed by atoms with Crippen molar-refractivity contribution in [2.75, 3.05) is 13.2 Å². The van der Waals surface area contributed by atoms with Crippen LogP contribution in [0.25, 0.3) is 54.3 Å². The summed E-state index contributed by atoms with van der Waals surface area (Å²) in [6.07, 6.45) is 42.4. The lowest BCUT2D eigenvalue weighted by atomic mass is 10.0. The lowest BCUT2D eigenvalue weighted by molar-refractivity contribution is 0.295. The van der Waals surface area contributed by atoms with E-state index in [2.05, 4.69) is 137 Å². The Kier molecular flexibility index (Phi) is 26.3. The molecule has 4 heterocycles. The molecule has 378 valence electrons. The summed E-state index contributed by atoms with van der Waals surface area (Å²) in [5.41, 5.74) is 4.58. The highest BCUT2D eigenvalue weighted by Gasteiger charge is 2.13. The fraction of sp³-hybridized carbons (Fsp3) is 0.500. The number of benzene rings is 2. The van der Waals surface area contributed by atoms with Crippen LogP contribution in [0.5, 0.6) is 11.5 Å². The number of hydrogen-bond acceptors (Lipinski definition) is 6. The van der Waals surface area contributed by atoms with Crippen LogP contribution in [0.2, 0.25) is 0 Å². The average Bonchev–Trinajstić information content (AvgIpc) is 4.24. The molecule has 6 rings (SSSR count). The molecule has 6 aromatic rings. The number of rotatable bonds is 37. The molecule has 0 saturated carbocycles. The third kappa shape index (κ3) is 19.7. The van der Waals surface area contributed by atoms with Crippen LogP contribution in [-0.2, 0) is 12.8 Å². The molecule has 6 heteroatoms. The van der Waals surface area contributed by atoms with E-state index in [4.69, 9.17) is 9.47 Å². The highest BCUT2D eigenvalue weighted by Crippen LogP contribution is 2.40. The first-order valence-corrected chi connectivity index (χ1v) is 31.1. The van der Waals surface area contributed by atoms with Gasteiger partial charge in [0.15, 0.2) is 0 Å². The minimum Gasteiger partial charge on any atom is -0.493 e. The summed E-state index contributed by atoms with van der Waals surface area (Å²) in [5.74, 6) is 1.85. The third-order valence-corrected chi connectivity index (χ3v) is 18.2. The molecule has 4 aromatic heterocycles. The molecule has 0 amide bonds. The van der Waals surface area contributed by atoms with Crippen LogP contribution in [0.15, 0.2) is 84.9 Å². The highest BCUT2D eigenvalue weighted by molar-refractivity contribution is 7.24. The van der Waals surface area contributed by atoms with Crippen molar-refractivity contribution in [1.82, 2.24) is 0 Å². The molecule has 2 nitrogen and oxygen atoms in total. The van der Waals surface area contributed by atoms with Gasteiger partial charge in [-0.3, -0.25) is 0 Å². The summed E-state index contributed by atoms with van der Waals surface area (Å²) in [7, 11) is 0. The van der Waals surface area contributed by atoms with Crippen molar-refractivity contribution in [3.8, 4) is 41.4 Å². The standard InChI is InChI=1S/C64H86O2S4/c1-5-9-13-17-21-25-29-55-39-42-61(67-55)62-44-41-57(69-62)38-37-54-50-58(65-47-27-23-19-15-11-7-3)53(49-59(54)66-48-28-24-20-16-12-8-4)36-33-51-31-34-52(35-32-51)60-45-46-64(70-60)63-43-40-56(68-63)30-26-22-18-14-10-6-2/h31-46,49-50H,5-30,47-48H2,1-4H3/b36-33+,38-37+. The normalized spacial score (nSPS) is 11.8. The van der Waals surface area contributed by atoms with E-state index >= 15 is 0 Å². The van der Waals surface area contributed by atoms with Gasteiger partial charge in [-0.25, -0.2) is 0 Å². The summed E-state index contributed by atoms with van der Waals surface area (Å²) < 4.78 is 13.4. The largest absolute Gasteiger partial charge is 0.493 e. The monoisotopic (exact) mass is 1010 g/mol. The molecule has 0 atom stereocenters. The average molecular weight is 1020 g/mol. The Morgan fingerprint density at radius 1 is 0.343 bits per heavy atom. The van der Waals surface area contributed by atoms with Crippen LogP contribution >= 0.6 is 45.3 Å². The fourth-order valence-electron chi connectivity index (χ4n) is 9.00. The van der Waals surface area contributed by atoms with E-state index in [1.807, 2.05) is 45.3 Å². The van der Waals surface area contributed by atoms with E-state index in [1.165, 1.54) is 204 Å². The molecular formula is C64H86O2S4. The molecule has 0 spiro atoms. The van der Waals surface area contributed by atoms with Gasteiger partial charge in [0, 0.05) is 50.1 Å². The van der Waals surface area contributed by atoms with Gasteiger partial charge in [0.05, 0.1) is 13.2 Å². The number of ether oxygens (including phenoxy) is 2. The smallest absolute Gasteiger partial charge is 0.127 e. The molecule has 0 aliphatic heterocycles. The van der Waals surface area contributed by atoms with Crippen LogP contribution in [0.4, 0.5) is 0 Å². The van der Waals surface area contributed by atoms with Gasteiger partial charge in [0.25, 0.3) is 0 Å². The minimum atomic E-state index is 0.716. The zero-order chi connectivity index (χ0) is 48.9. The number of aryl methyl sites for hydroxylation is 2. The van der Waals surface area contributed by atoms with Crippen molar-refractivity contribution in [2.24, 2.45) is 0 Å². The van der Waals surface area contributed by atoms with Crippen LogP contribution in [0, 0.1) is 0 Å². The molecule has 0 fully saturated rings. The lowest BCUT2D eigenvalue weighted by Gasteiger charge is -2.15. The summed E-state index contributed by atoms with van der Waals surface area (Å²) in [6.45, 7) is 10.6. The van der Waals surface area contributed by atoms with Crippen LogP contribution in [-0.4, -0.2) is 13.2 Å². The summed E-state index contributed by atoms with van der Waals surface area (Å²) in [6, 6.07) is 32.0. The maximum atomic E-state index is 6.70. The van der Waals surface area contributed by atoms with Crippen molar-refractivity contribution in [3.63, 3.8) is 0 Å². The first-order valence-electron chi connectivity index (χ1n) is 27.8. The Morgan fingerprint density at radius 2 is 0.743 bits per heavy atom. The quantitative estimate of drug-likeness (QED) is 0.0286. The summed E-state index contributed by atoms with van der Waals surface area (Å²) >= 11 is 7.73. The van der Waals surface area contributed by atoms with E-state index in [0.717, 1.165) is 42.1 Å². The van der Waals surface area contributed by atoms with Gasteiger partial charge in [-0.05, 0) is 122 Å². The first-order chi connectivity index (χ1) is 34.6. The van der Waals surface area contributed by atoms with Gasteiger partial charge in [0.1, 0.15) is 11.5 Å². The van der Waals surface area contributed by atoms with Crippen molar-refractivity contribution in [3.05, 3.63) is 116 Å². The molecule has 0 aliphatic carbocycles. The van der Waals surface area contributed by atoms with E-state index in [1.54, 1.807) is 0 Å². The summed E-state index contributed by atoms with van der Waals surface area (Å²) in [5, 5.41) is 0. The first kappa shape index (κ1) is 55.6. The second kappa shape index (κ2) is 33.1. The maximum Gasteiger partial charge on any atom is 0.127 e. The molecule has 0 bridgehead atoms. The Labute approximate surface area is 441 Å². The van der Waals surface area contributed by atoms with Crippen LogP contribution in [0.3, 0.4) is 0 Å². The molecule has 0 radical (unpaired) electrons. The van der Waals surface area contributed by atoms with Gasteiger partial charge >= 0.3 is 0 Å². The highest BCUT2D eigenvalue weighted by atomic mass is 32.1. The zero-order valence-corrected chi connectivity index (χ0v) is 46.9. The number of thiophene rings is 4. The second-order valence-corrected chi connectivity index (χ2v) is 23.9. The van der Waals surface area contributed by atoms with Gasteiger partial charge in [0.2, 0.25) is 0 Å². The molecule has 0 aliphatic rings. The number of hydrogen-bond donors (Lipinski definition) is 0. The van der Waals surface area contributed by atoms with Gasteiger partial charge in [-0.1, -0.05) is 193 Å². The van der Waals surface area contributed by atoms with E-state index in [0.29, 0.717) is 6.61 Å². The topological polar surface area (TPSA) is 18.5 Å². The van der Waals surface area contributed by atoms with Crippen molar-refractivity contribution >= 4 is 69.7 Å². The summed E-state index contributed by atoms with van der Waals surface area (Å²) in [4.78, 5) is 11.1. The Hall–Kier alpha value is -3.68. The predicted octanol–water partition coefficient (Wildman–Crippen LogP) is 22.6. The molecule has 0 saturated heterocycles. The van der Waals surface area contributed by atoms with Crippen LogP contribution in [0.1, 0.15) is 213 Å². The van der Waals surface area contributed by atoms with Crippen LogP contribution < -0.4 is 9.47 Å². The van der Waals surface area contributed by atoms with Crippen molar-refractivity contribution in [1.29, 1.82) is 0 Å². The van der Waals surface area contributed by atoms with Gasteiger partial charge in [-0.15, -0.1) is 45.3 Å². The van der Waals surface area contributed by atoms with Gasteiger partial charge < -0.3 is 9.47 Å².